The summed E-state index contributed by atoms with van der Waals surface area (Å²) < 4.78 is 16.0. The van der Waals surface area contributed by atoms with Gasteiger partial charge in [-0.25, -0.2) is 4.79 Å². The van der Waals surface area contributed by atoms with Gasteiger partial charge in [-0.05, 0) is 12.0 Å². The molecular formula is C18H19NO6. The van der Waals surface area contributed by atoms with Crippen LogP contribution in [0.2, 0.25) is 0 Å². The van der Waals surface area contributed by atoms with Crippen LogP contribution in [0.15, 0.2) is 54.3 Å². The van der Waals surface area contributed by atoms with Crippen LogP contribution in [0.3, 0.4) is 0 Å². The highest BCUT2D eigenvalue weighted by Gasteiger charge is 2.53. The van der Waals surface area contributed by atoms with Gasteiger partial charge in [0, 0.05) is 5.57 Å². The van der Waals surface area contributed by atoms with Crippen LogP contribution in [0, 0.1) is 0 Å². The normalized spacial score (nSPS) is 23.2. The molecule has 1 aromatic rings. The van der Waals surface area contributed by atoms with Gasteiger partial charge in [-0.3, -0.25) is 9.69 Å². The maximum Gasteiger partial charge on any atom is 0.510 e. The van der Waals surface area contributed by atoms with Crippen LogP contribution in [-0.4, -0.2) is 41.1 Å². The highest BCUT2D eigenvalue weighted by atomic mass is 16.7. The Balaban J connectivity index is 1.69. The van der Waals surface area contributed by atoms with Crippen LogP contribution in [-0.2, 0) is 25.6 Å². The molecule has 1 N–H and O–H groups in total. The van der Waals surface area contributed by atoms with Crippen molar-refractivity contribution < 1.29 is 28.9 Å². The minimum Gasteiger partial charge on any atom is -0.468 e. The summed E-state index contributed by atoms with van der Waals surface area (Å²) in [5.74, 6) is 0.0895. The lowest BCUT2D eigenvalue weighted by molar-refractivity contribution is -0.165. The number of allylic oxidation sites excluding steroid dienone is 1. The molecule has 2 heterocycles. The van der Waals surface area contributed by atoms with Gasteiger partial charge in [0.15, 0.2) is 12.0 Å². The van der Waals surface area contributed by atoms with E-state index in [0.29, 0.717) is 12.0 Å². The second-order valence-electron chi connectivity index (χ2n) is 5.69. The van der Waals surface area contributed by atoms with Crippen molar-refractivity contribution in [2.75, 3.05) is 6.61 Å². The summed E-state index contributed by atoms with van der Waals surface area (Å²) in [6.45, 7) is 3.40. The molecule has 1 unspecified atom stereocenters. The van der Waals surface area contributed by atoms with Crippen molar-refractivity contribution in [1.82, 2.24) is 4.90 Å². The molecule has 2 atom stereocenters. The maximum absolute atomic E-state index is 12.0. The first-order valence-corrected chi connectivity index (χ1v) is 7.93. The minimum atomic E-state index is -1.02. The molecule has 0 aliphatic carbocycles. The third-order valence-electron chi connectivity index (χ3n) is 4.02. The summed E-state index contributed by atoms with van der Waals surface area (Å²) in [4.78, 5) is 25.2. The standard InChI is InChI=1S/C18H19NO6/c1-2-6-13(10-20)16-17(19-14(21)9-15(19)24-16)25-18(22)23-11-12-7-4-3-5-8-12/h2-5,7-8,15,17,20H,1,6,9-11H2/b16-13+/t15-,17?/m1/s1. The lowest BCUT2D eigenvalue weighted by Crippen LogP contribution is -2.53. The number of nitrogens with zero attached hydrogens (tertiary/aromatic N) is 1. The summed E-state index contributed by atoms with van der Waals surface area (Å²) in [7, 11) is 0. The van der Waals surface area contributed by atoms with Crippen LogP contribution in [0.4, 0.5) is 4.79 Å². The Hall–Kier alpha value is -2.80. The van der Waals surface area contributed by atoms with Crippen molar-refractivity contribution in [3.63, 3.8) is 0 Å². The SMILES string of the molecule is C=CC/C(CO)=C1\O[C@@H]2CC(=O)N2C1OC(=O)OCc1ccccc1. The average molecular weight is 345 g/mol. The largest absolute Gasteiger partial charge is 0.510 e. The first kappa shape index (κ1) is 17.0. The van der Waals surface area contributed by atoms with E-state index in [9.17, 15) is 14.7 Å². The number of benzene rings is 1. The predicted molar refractivity (Wildman–Crippen MR) is 86.8 cm³/mol. The Morgan fingerprint density at radius 1 is 1.40 bits per heavy atom. The van der Waals surface area contributed by atoms with Gasteiger partial charge in [0.1, 0.15) is 6.61 Å². The van der Waals surface area contributed by atoms with Gasteiger partial charge in [0.2, 0.25) is 12.1 Å². The Kier molecular flexibility index (Phi) is 5.04. The summed E-state index contributed by atoms with van der Waals surface area (Å²) in [6, 6.07) is 9.17. The lowest BCUT2D eigenvalue weighted by Gasteiger charge is -2.33. The van der Waals surface area contributed by atoms with Gasteiger partial charge in [0.25, 0.3) is 0 Å². The Bertz CT molecular complexity index is 699. The number of hydrogen-bond acceptors (Lipinski definition) is 6. The fraction of sp³-hybridized carbons (Fsp3) is 0.333. The van der Waals surface area contributed by atoms with E-state index in [1.165, 1.54) is 4.90 Å². The monoisotopic (exact) mass is 345 g/mol. The fourth-order valence-corrected chi connectivity index (χ4v) is 2.74. The van der Waals surface area contributed by atoms with Gasteiger partial charge >= 0.3 is 6.16 Å². The van der Waals surface area contributed by atoms with Crippen molar-refractivity contribution >= 4 is 12.1 Å². The molecular weight excluding hydrogens is 326 g/mol. The van der Waals surface area contributed by atoms with E-state index in [1.807, 2.05) is 30.3 Å². The molecule has 25 heavy (non-hydrogen) atoms. The molecule has 7 nitrogen and oxygen atoms in total. The topological polar surface area (TPSA) is 85.3 Å². The maximum atomic E-state index is 12.0. The number of ether oxygens (including phenoxy) is 3. The highest BCUT2D eigenvalue weighted by molar-refractivity contribution is 5.84. The second kappa shape index (κ2) is 7.40. The van der Waals surface area contributed by atoms with Gasteiger partial charge < -0.3 is 19.3 Å². The zero-order chi connectivity index (χ0) is 17.8. The number of β-lactam (4-membered cyclic amide) rings is 1. The number of carbonyl (C=O) groups excluding carboxylic acids is 2. The van der Waals surface area contributed by atoms with E-state index < -0.39 is 18.6 Å². The predicted octanol–water partition coefficient (Wildman–Crippen LogP) is 2.08. The second-order valence-corrected chi connectivity index (χ2v) is 5.69. The third kappa shape index (κ3) is 3.51. The fourth-order valence-electron chi connectivity index (χ4n) is 2.74. The average Bonchev–Trinajstić information content (AvgIpc) is 2.90. The first-order valence-electron chi connectivity index (χ1n) is 7.93. The van der Waals surface area contributed by atoms with Gasteiger partial charge in [-0.15, -0.1) is 6.58 Å². The van der Waals surface area contributed by atoms with E-state index >= 15 is 0 Å². The minimum absolute atomic E-state index is 0.0587. The summed E-state index contributed by atoms with van der Waals surface area (Å²) in [5, 5.41) is 9.52. The molecule has 2 aliphatic rings. The molecule has 7 heteroatoms. The third-order valence-corrected chi connectivity index (χ3v) is 4.02. The lowest BCUT2D eigenvalue weighted by atomic mass is 10.1. The van der Waals surface area contributed by atoms with E-state index in [0.717, 1.165) is 5.56 Å². The number of hydrogen-bond donors (Lipinski definition) is 1. The van der Waals surface area contributed by atoms with E-state index in [-0.39, 0.29) is 31.3 Å². The Morgan fingerprint density at radius 2 is 2.16 bits per heavy atom. The molecule has 2 saturated heterocycles. The number of aliphatic hydroxyl groups is 1. The molecule has 0 radical (unpaired) electrons. The molecule has 0 saturated carbocycles. The molecule has 0 spiro atoms. The van der Waals surface area contributed by atoms with Gasteiger partial charge in [-0.1, -0.05) is 36.4 Å². The number of amides is 1. The van der Waals surface area contributed by atoms with Crippen LogP contribution in [0.1, 0.15) is 18.4 Å². The smallest absolute Gasteiger partial charge is 0.468 e. The van der Waals surface area contributed by atoms with Crippen molar-refractivity contribution in [3.05, 3.63) is 59.9 Å². The number of carbonyl (C=O) groups is 2. The quantitative estimate of drug-likeness (QED) is 0.483. The van der Waals surface area contributed by atoms with Crippen molar-refractivity contribution in [1.29, 1.82) is 0 Å². The van der Waals surface area contributed by atoms with Crippen LogP contribution in [0.25, 0.3) is 0 Å². The van der Waals surface area contributed by atoms with Crippen molar-refractivity contribution in [2.24, 2.45) is 0 Å². The molecule has 0 bridgehead atoms. The summed E-state index contributed by atoms with van der Waals surface area (Å²) in [5.41, 5.74) is 1.33. The van der Waals surface area contributed by atoms with E-state index in [1.54, 1.807) is 6.08 Å². The molecule has 3 rings (SSSR count). The van der Waals surface area contributed by atoms with Crippen molar-refractivity contribution in [3.8, 4) is 0 Å². The summed E-state index contributed by atoms with van der Waals surface area (Å²) >= 11 is 0. The van der Waals surface area contributed by atoms with E-state index in [4.69, 9.17) is 14.2 Å². The Morgan fingerprint density at radius 3 is 2.80 bits per heavy atom. The highest BCUT2D eigenvalue weighted by Crippen LogP contribution is 2.39. The summed E-state index contributed by atoms with van der Waals surface area (Å²) in [6.07, 6.45) is -0.220. The molecule has 2 fully saturated rings. The van der Waals surface area contributed by atoms with E-state index in [2.05, 4.69) is 6.58 Å². The zero-order valence-corrected chi connectivity index (χ0v) is 13.6. The number of aliphatic hydroxyl groups excluding tert-OH is 1. The van der Waals surface area contributed by atoms with Crippen LogP contribution < -0.4 is 0 Å². The molecule has 132 valence electrons. The van der Waals surface area contributed by atoms with Gasteiger partial charge in [0.05, 0.1) is 13.0 Å². The number of rotatable bonds is 6. The Labute approximate surface area is 145 Å². The molecule has 0 aromatic heterocycles. The van der Waals surface area contributed by atoms with Crippen LogP contribution >= 0.6 is 0 Å². The molecule has 1 aromatic carbocycles. The zero-order valence-electron chi connectivity index (χ0n) is 13.6. The molecule has 1 amide bonds. The molecule has 2 aliphatic heterocycles. The number of fused-ring (bicyclic) bond motifs is 1. The van der Waals surface area contributed by atoms with Crippen molar-refractivity contribution in [2.45, 2.75) is 31.9 Å². The first-order chi connectivity index (χ1) is 12.1. The van der Waals surface area contributed by atoms with Crippen LogP contribution in [0.5, 0.6) is 0 Å². The van der Waals surface area contributed by atoms with Gasteiger partial charge in [-0.2, -0.15) is 0 Å².